The van der Waals surface area contributed by atoms with Crippen LogP contribution in [0.2, 0.25) is 5.02 Å². The summed E-state index contributed by atoms with van der Waals surface area (Å²) in [6.07, 6.45) is 0. The van der Waals surface area contributed by atoms with Gasteiger partial charge < -0.3 is 4.90 Å². The third kappa shape index (κ3) is 4.25. The monoisotopic (exact) mass is 416 g/mol. The van der Waals surface area contributed by atoms with Crippen molar-refractivity contribution in [3.8, 4) is 0 Å². The lowest BCUT2D eigenvalue weighted by Gasteiger charge is -2.16. The number of rotatable bonds is 4. The van der Waals surface area contributed by atoms with Gasteiger partial charge in [0, 0.05) is 23.6 Å². The molecule has 0 saturated carbocycles. The first kappa shape index (κ1) is 17.8. The van der Waals surface area contributed by atoms with E-state index in [1.54, 1.807) is 26.2 Å². The number of hydrogen-bond acceptors (Lipinski definition) is 3. The first-order chi connectivity index (χ1) is 10.7. The third-order valence-electron chi connectivity index (χ3n) is 2.97. The molecular formula is C15H14BrClN2O3S. The van der Waals surface area contributed by atoms with Gasteiger partial charge in [-0.25, -0.2) is 8.42 Å². The SMILES string of the molecule is CN(C)C(=O)c1ccc(Cl)cc1NS(=O)(=O)c1cccc(Br)c1. The highest BCUT2D eigenvalue weighted by molar-refractivity contribution is 9.10. The second kappa shape index (κ2) is 6.90. The van der Waals surface area contributed by atoms with E-state index in [1.165, 1.54) is 35.2 Å². The Morgan fingerprint density at radius 1 is 1.17 bits per heavy atom. The smallest absolute Gasteiger partial charge is 0.261 e. The number of sulfonamides is 1. The van der Waals surface area contributed by atoms with Crippen LogP contribution in [0.15, 0.2) is 51.8 Å². The summed E-state index contributed by atoms with van der Waals surface area (Å²) in [5.74, 6) is -0.325. The van der Waals surface area contributed by atoms with Crippen molar-refractivity contribution in [2.24, 2.45) is 0 Å². The Morgan fingerprint density at radius 2 is 1.87 bits per heavy atom. The van der Waals surface area contributed by atoms with Crippen LogP contribution in [0.4, 0.5) is 5.69 Å². The molecule has 0 unspecified atom stereocenters. The van der Waals surface area contributed by atoms with Crippen molar-refractivity contribution < 1.29 is 13.2 Å². The minimum Gasteiger partial charge on any atom is -0.345 e. The van der Waals surface area contributed by atoms with Crippen molar-refractivity contribution in [3.63, 3.8) is 0 Å². The van der Waals surface area contributed by atoms with Crippen molar-refractivity contribution in [3.05, 3.63) is 57.5 Å². The number of nitrogens with one attached hydrogen (secondary N) is 1. The van der Waals surface area contributed by atoms with Gasteiger partial charge in [-0.05, 0) is 36.4 Å². The Hall–Kier alpha value is -1.57. The van der Waals surface area contributed by atoms with E-state index in [1.807, 2.05) is 0 Å². The zero-order valence-corrected chi connectivity index (χ0v) is 15.5. The number of amides is 1. The van der Waals surface area contributed by atoms with Crippen LogP contribution in [0.5, 0.6) is 0 Å². The fraction of sp³-hybridized carbons (Fsp3) is 0.133. The standard InChI is InChI=1S/C15H14BrClN2O3S/c1-19(2)15(20)13-7-6-11(17)9-14(13)18-23(21,22)12-5-3-4-10(16)8-12/h3-9,18H,1-2H3. The maximum Gasteiger partial charge on any atom is 0.261 e. The van der Waals surface area contributed by atoms with Crippen molar-refractivity contribution in [1.29, 1.82) is 0 Å². The van der Waals surface area contributed by atoms with Crippen molar-refractivity contribution >= 4 is 49.1 Å². The van der Waals surface area contributed by atoms with Gasteiger partial charge in [-0.15, -0.1) is 0 Å². The van der Waals surface area contributed by atoms with E-state index in [2.05, 4.69) is 20.7 Å². The van der Waals surface area contributed by atoms with Gasteiger partial charge in [0.1, 0.15) is 0 Å². The molecule has 0 atom stereocenters. The lowest BCUT2D eigenvalue weighted by atomic mass is 10.1. The summed E-state index contributed by atoms with van der Waals surface area (Å²) in [5.41, 5.74) is 0.356. The molecule has 0 radical (unpaired) electrons. The Balaban J connectivity index is 2.47. The molecule has 2 aromatic rings. The zero-order valence-electron chi connectivity index (χ0n) is 12.4. The maximum absolute atomic E-state index is 12.5. The Labute approximate surface area is 148 Å². The number of halogens is 2. The average Bonchev–Trinajstić information content (AvgIpc) is 2.46. The molecule has 0 spiro atoms. The van der Waals surface area contributed by atoms with Gasteiger partial charge in [0.05, 0.1) is 16.1 Å². The lowest BCUT2D eigenvalue weighted by Crippen LogP contribution is -2.24. The number of benzene rings is 2. The largest absolute Gasteiger partial charge is 0.345 e. The highest BCUT2D eigenvalue weighted by atomic mass is 79.9. The molecule has 0 aliphatic rings. The van der Waals surface area contributed by atoms with Crippen LogP contribution in [0.3, 0.4) is 0 Å². The topological polar surface area (TPSA) is 66.5 Å². The van der Waals surface area contributed by atoms with Crippen molar-refractivity contribution in [2.45, 2.75) is 4.90 Å². The van der Waals surface area contributed by atoms with Gasteiger partial charge in [0.25, 0.3) is 15.9 Å². The minimum atomic E-state index is -3.84. The van der Waals surface area contributed by atoms with Crippen molar-refractivity contribution in [2.75, 3.05) is 18.8 Å². The lowest BCUT2D eigenvalue weighted by molar-refractivity contribution is 0.0828. The van der Waals surface area contributed by atoms with Gasteiger partial charge in [0.2, 0.25) is 0 Å². The molecule has 0 heterocycles. The third-order valence-corrected chi connectivity index (χ3v) is 5.06. The fourth-order valence-electron chi connectivity index (χ4n) is 1.87. The van der Waals surface area contributed by atoms with E-state index in [-0.39, 0.29) is 22.1 Å². The minimum absolute atomic E-state index is 0.0788. The summed E-state index contributed by atoms with van der Waals surface area (Å²) in [5, 5.41) is 0.326. The molecule has 0 aliphatic heterocycles. The van der Waals surface area contributed by atoms with Crippen LogP contribution >= 0.6 is 27.5 Å². The predicted octanol–water partition coefficient (Wildman–Crippen LogP) is 3.61. The summed E-state index contributed by atoms with van der Waals surface area (Å²) < 4.78 is 28.1. The predicted molar refractivity (Wildman–Crippen MR) is 94.4 cm³/mol. The summed E-state index contributed by atoms with van der Waals surface area (Å²) in [6.45, 7) is 0. The van der Waals surface area contributed by atoms with Gasteiger partial charge in [-0.1, -0.05) is 33.6 Å². The molecule has 1 amide bonds. The second-order valence-corrected chi connectivity index (χ2v) is 7.99. The molecule has 0 fully saturated rings. The normalized spacial score (nSPS) is 11.1. The molecule has 122 valence electrons. The highest BCUT2D eigenvalue weighted by Gasteiger charge is 2.20. The molecule has 2 rings (SSSR count). The zero-order chi connectivity index (χ0) is 17.2. The second-order valence-electron chi connectivity index (χ2n) is 4.95. The number of nitrogens with zero attached hydrogens (tertiary/aromatic N) is 1. The van der Waals surface area contributed by atoms with E-state index >= 15 is 0 Å². The van der Waals surface area contributed by atoms with Crippen molar-refractivity contribution in [1.82, 2.24) is 4.90 Å². The summed E-state index contributed by atoms with van der Waals surface area (Å²) in [4.78, 5) is 13.6. The van der Waals surface area contributed by atoms with E-state index in [4.69, 9.17) is 11.6 Å². The van der Waals surface area contributed by atoms with E-state index in [0.29, 0.717) is 9.50 Å². The molecule has 1 N–H and O–H groups in total. The van der Waals surface area contributed by atoms with Crippen LogP contribution < -0.4 is 4.72 Å². The molecule has 0 aromatic heterocycles. The molecule has 5 nitrogen and oxygen atoms in total. The van der Waals surface area contributed by atoms with E-state index in [0.717, 1.165) is 0 Å². The molecule has 23 heavy (non-hydrogen) atoms. The quantitative estimate of drug-likeness (QED) is 0.826. The maximum atomic E-state index is 12.5. The molecular weight excluding hydrogens is 404 g/mol. The summed E-state index contributed by atoms with van der Waals surface area (Å²) >= 11 is 9.17. The Bertz CT molecular complexity index is 854. The number of carbonyl (C=O) groups is 1. The van der Waals surface area contributed by atoms with Crippen LogP contribution in [-0.4, -0.2) is 33.3 Å². The average molecular weight is 418 g/mol. The van der Waals surface area contributed by atoms with Gasteiger partial charge in [-0.3, -0.25) is 9.52 Å². The van der Waals surface area contributed by atoms with Crippen LogP contribution in [0, 0.1) is 0 Å². The van der Waals surface area contributed by atoms with E-state index in [9.17, 15) is 13.2 Å². The van der Waals surface area contributed by atoms with Crippen LogP contribution in [0.1, 0.15) is 10.4 Å². The first-order valence-electron chi connectivity index (χ1n) is 6.50. The molecule has 0 saturated heterocycles. The van der Waals surface area contributed by atoms with Gasteiger partial charge in [0.15, 0.2) is 0 Å². The molecule has 0 bridgehead atoms. The number of hydrogen-bond donors (Lipinski definition) is 1. The highest BCUT2D eigenvalue weighted by Crippen LogP contribution is 2.26. The Kier molecular flexibility index (Phi) is 5.33. The van der Waals surface area contributed by atoms with Gasteiger partial charge >= 0.3 is 0 Å². The molecule has 8 heteroatoms. The first-order valence-corrected chi connectivity index (χ1v) is 9.16. The molecule has 2 aromatic carbocycles. The summed E-state index contributed by atoms with van der Waals surface area (Å²) in [7, 11) is -0.670. The fourth-order valence-corrected chi connectivity index (χ4v) is 3.71. The number of carbonyl (C=O) groups excluding carboxylic acids is 1. The Morgan fingerprint density at radius 3 is 2.48 bits per heavy atom. The molecule has 0 aliphatic carbocycles. The van der Waals surface area contributed by atoms with Crippen LogP contribution in [0.25, 0.3) is 0 Å². The van der Waals surface area contributed by atoms with E-state index < -0.39 is 10.0 Å². The van der Waals surface area contributed by atoms with Crippen LogP contribution in [-0.2, 0) is 10.0 Å². The summed E-state index contributed by atoms with van der Waals surface area (Å²) in [6, 6.07) is 10.7. The number of anilines is 1. The van der Waals surface area contributed by atoms with Gasteiger partial charge in [-0.2, -0.15) is 0 Å².